The van der Waals surface area contributed by atoms with Crippen LogP contribution in [0.5, 0.6) is 0 Å². The van der Waals surface area contributed by atoms with Gasteiger partial charge in [0.1, 0.15) is 15.6 Å². The van der Waals surface area contributed by atoms with Crippen molar-refractivity contribution in [2.45, 2.75) is 43.3 Å². The molecule has 0 saturated carbocycles. The van der Waals surface area contributed by atoms with Crippen LogP contribution in [0.1, 0.15) is 34.8 Å². The lowest BCUT2D eigenvalue weighted by Gasteiger charge is -2.27. The van der Waals surface area contributed by atoms with Crippen LogP contribution in [0.15, 0.2) is 28.7 Å². The quantitative estimate of drug-likeness (QED) is 0.769. The highest BCUT2D eigenvalue weighted by molar-refractivity contribution is 7.89. The van der Waals surface area contributed by atoms with Gasteiger partial charge in [-0.15, -0.1) is 11.3 Å². The van der Waals surface area contributed by atoms with Gasteiger partial charge < -0.3 is 15.2 Å². The monoisotopic (exact) mass is 409 g/mol. The van der Waals surface area contributed by atoms with E-state index in [1.54, 1.807) is 11.6 Å². The number of carbonyl (C=O) groups excluding carboxylic acids is 1. The average Bonchev–Trinajstić information content (AvgIpc) is 3.35. The van der Waals surface area contributed by atoms with Gasteiger partial charge in [-0.05, 0) is 30.8 Å². The van der Waals surface area contributed by atoms with E-state index < -0.39 is 10.0 Å². The maximum Gasteiger partial charge on any atom is 0.262 e. The minimum absolute atomic E-state index is 0.0848. The summed E-state index contributed by atoms with van der Waals surface area (Å²) >= 11 is 1.16. The molecule has 0 radical (unpaired) electrons. The maximum absolute atomic E-state index is 13.1. The summed E-state index contributed by atoms with van der Waals surface area (Å²) < 4.78 is 29.6. The van der Waals surface area contributed by atoms with Crippen molar-refractivity contribution in [1.82, 2.24) is 24.5 Å². The van der Waals surface area contributed by atoms with Gasteiger partial charge in [-0.1, -0.05) is 6.42 Å². The Bertz CT molecular complexity index is 915. The second-order valence-corrected chi connectivity index (χ2v) is 9.67. The Morgan fingerprint density at radius 3 is 3.07 bits per heavy atom. The van der Waals surface area contributed by atoms with Crippen LogP contribution < -0.4 is 10.6 Å². The van der Waals surface area contributed by atoms with E-state index in [4.69, 9.17) is 0 Å². The highest BCUT2D eigenvalue weighted by Crippen LogP contribution is 2.27. The van der Waals surface area contributed by atoms with E-state index in [1.165, 1.54) is 10.4 Å². The predicted octanol–water partition coefficient (Wildman–Crippen LogP) is 1.02. The normalized spacial score (nSPS) is 21.0. The second-order valence-electron chi connectivity index (χ2n) is 6.85. The predicted molar refractivity (Wildman–Crippen MR) is 102 cm³/mol. The molecule has 10 heteroatoms. The smallest absolute Gasteiger partial charge is 0.262 e. The van der Waals surface area contributed by atoms with E-state index in [-0.39, 0.29) is 28.3 Å². The summed E-state index contributed by atoms with van der Waals surface area (Å²) in [6, 6.07) is 1.78. The summed E-state index contributed by atoms with van der Waals surface area (Å²) in [5, 5.41) is 7.93. The minimum atomic E-state index is -3.74. The molecule has 2 N–H and O–H groups in total. The molecule has 0 aromatic carbocycles. The third-order valence-electron chi connectivity index (χ3n) is 5.08. The Morgan fingerprint density at radius 2 is 2.26 bits per heavy atom. The van der Waals surface area contributed by atoms with Gasteiger partial charge in [-0.25, -0.2) is 13.4 Å². The summed E-state index contributed by atoms with van der Waals surface area (Å²) in [4.78, 5) is 17.2. The summed E-state index contributed by atoms with van der Waals surface area (Å²) in [5.74, 6) is 0.392. The Hall–Kier alpha value is -1.75. The van der Waals surface area contributed by atoms with Crippen molar-refractivity contribution in [3.05, 3.63) is 34.5 Å². The molecule has 2 aromatic heterocycles. The molecule has 1 amide bonds. The third kappa shape index (κ3) is 3.79. The van der Waals surface area contributed by atoms with Crippen LogP contribution in [0, 0.1) is 0 Å². The van der Waals surface area contributed by atoms with Gasteiger partial charge in [0.15, 0.2) is 0 Å². The standard InChI is InChI=1S/C17H23N5O3S2/c23-17(20-11-13-3-1-2-5-18-13)16-14(4-10-26-16)27(24,25)22-9-8-21-7-6-19-15(21)12-22/h4,6-7,10,13,18H,1-3,5,8-9,11-12H2,(H,20,23)/t13-/m1/s1. The van der Waals surface area contributed by atoms with Gasteiger partial charge in [-0.2, -0.15) is 4.31 Å². The van der Waals surface area contributed by atoms with Gasteiger partial charge in [0.05, 0.1) is 6.54 Å². The molecule has 1 fully saturated rings. The van der Waals surface area contributed by atoms with E-state index in [2.05, 4.69) is 15.6 Å². The fourth-order valence-electron chi connectivity index (χ4n) is 3.56. The number of hydrogen-bond acceptors (Lipinski definition) is 6. The number of amides is 1. The van der Waals surface area contributed by atoms with E-state index >= 15 is 0 Å². The lowest BCUT2D eigenvalue weighted by atomic mass is 10.1. The first kappa shape index (κ1) is 18.6. The Labute approximate surface area is 162 Å². The molecular formula is C17H23N5O3S2. The molecule has 146 valence electrons. The molecule has 0 aliphatic carbocycles. The molecule has 0 spiro atoms. The summed E-state index contributed by atoms with van der Waals surface area (Å²) in [6.45, 7) is 2.63. The number of nitrogens with zero attached hydrogens (tertiary/aromatic N) is 3. The molecule has 1 atom stereocenters. The first-order valence-corrected chi connectivity index (χ1v) is 11.5. The van der Waals surface area contributed by atoms with Crippen molar-refractivity contribution in [2.24, 2.45) is 0 Å². The molecule has 0 unspecified atom stereocenters. The molecule has 2 aliphatic heterocycles. The first-order valence-electron chi connectivity index (χ1n) is 9.15. The number of piperidine rings is 1. The van der Waals surface area contributed by atoms with Gasteiger partial charge in [0, 0.05) is 38.1 Å². The molecule has 4 rings (SSSR count). The lowest BCUT2D eigenvalue weighted by molar-refractivity contribution is 0.0948. The average molecular weight is 410 g/mol. The Balaban J connectivity index is 1.48. The number of hydrogen-bond donors (Lipinski definition) is 2. The van der Waals surface area contributed by atoms with Crippen molar-refractivity contribution in [1.29, 1.82) is 0 Å². The summed E-state index contributed by atoms with van der Waals surface area (Å²) in [7, 11) is -3.74. The number of sulfonamides is 1. The molecule has 8 nitrogen and oxygen atoms in total. The second kappa shape index (κ2) is 7.70. The lowest BCUT2D eigenvalue weighted by Crippen LogP contribution is -2.43. The van der Waals surface area contributed by atoms with Crippen molar-refractivity contribution >= 4 is 27.3 Å². The number of fused-ring (bicyclic) bond motifs is 1. The maximum atomic E-state index is 13.1. The van der Waals surface area contributed by atoms with E-state index in [0.717, 1.165) is 43.0 Å². The SMILES string of the molecule is O=C(NC[C@H]1CCCCN1)c1sccc1S(=O)(=O)N1CCn2ccnc2C1. The van der Waals surface area contributed by atoms with Crippen molar-refractivity contribution < 1.29 is 13.2 Å². The fraction of sp³-hybridized carbons (Fsp3) is 0.529. The van der Waals surface area contributed by atoms with E-state index in [0.29, 0.717) is 19.6 Å². The zero-order chi connectivity index (χ0) is 18.9. The van der Waals surface area contributed by atoms with E-state index in [1.807, 2.05) is 10.8 Å². The molecule has 4 heterocycles. The largest absolute Gasteiger partial charge is 0.350 e. The molecule has 2 aliphatic rings. The highest BCUT2D eigenvalue weighted by atomic mass is 32.2. The van der Waals surface area contributed by atoms with E-state index in [9.17, 15) is 13.2 Å². The minimum Gasteiger partial charge on any atom is -0.350 e. The number of imidazole rings is 1. The van der Waals surface area contributed by atoms with Crippen LogP contribution in [0.25, 0.3) is 0 Å². The van der Waals surface area contributed by atoms with Gasteiger partial charge >= 0.3 is 0 Å². The van der Waals surface area contributed by atoms with Gasteiger partial charge in [0.2, 0.25) is 10.0 Å². The van der Waals surface area contributed by atoms with Crippen molar-refractivity contribution in [3.63, 3.8) is 0 Å². The van der Waals surface area contributed by atoms with Crippen LogP contribution in [-0.2, 0) is 23.1 Å². The number of thiophene rings is 1. The number of nitrogens with one attached hydrogen (secondary N) is 2. The molecule has 0 bridgehead atoms. The molecule has 2 aromatic rings. The topological polar surface area (TPSA) is 96.3 Å². The number of carbonyl (C=O) groups is 1. The van der Waals surface area contributed by atoms with Crippen LogP contribution >= 0.6 is 11.3 Å². The summed E-state index contributed by atoms with van der Waals surface area (Å²) in [6.07, 6.45) is 6.86. The molecule has 27 heavy (non-hydrogen) atoms. The highest BCUT2D eigenvalue weighted by Gasteiger charge is 2.33. The molecular weight excluding hydrogens is 386 g/mol. The van der Waals surface area contributed by atoms with Crippen molar-refractivity contribution in [3.8, 4) is 0 Å². The van der Waals surface area contributed by atoms with Gasteiger partial charge in [-0.3, -0.25) is 4.79 Å². The van der Waals surface area contributed by atoms with Crippen LogP contribution in [0.3, 0.4) is 0 Å². The zero-order valence-electron chi connectivity index (χ0n) is 14.9. The fourth-order valence-corrected chi connectivity index (χ4v) is 6.26. The van der Waals surface area contributed by atoms with Crippen LogP contribution in [0.2, 0.25) is 0 Å². The molecule has 1 saturated heterocycles. The van der Waals surface area contributed by atoms with Gasteiger partial charge in [0.25, 0.3) is 5.91 Å². The number of rotatable bonds is 5. The Morgan fingerprint density at radius 1 is 1.37 bits per heavy atom. The first-order chi connectivity index (χ1) is 13.1. The zero-order valence-corrected chi connectivity index (χ0v) is 16.6. The van der Waals surface area contributed by atoms with Crippen molar-refractivity contribution in [2.75, 3.05) is 19.6 Å². The third-order valence-corrected chi connectivity index (χ3v) is 8.01. The summed E-state index contributed by atoms with van der Waals surface area (Å²) in [5.41, 5.74) is 0. The Kier molecular flexibility index (Phi) is 5.31. The number of aromatic nitrogens is 2. The van der Waals surface area contributed by atoms with Crippen LogP contribution in [0.4, 0.5) is 0 Å². The van der Waals surface area contributed by atoms with Crippen LogP contribution in [-0.4, -0.2) is 53.9 Å².